The van der Waals surface area contributed by atoms with Gasteiger partial charge in [0.05, 0.1) is 23.7 Å². The van der Waals surface area contributed by atoms with Crippen molar-refractivity contribution in [3.63, 3.8) is 0 Å². The summed E-state index contributed by atoms with van der Waals surface area (Å²) in [5.74, 6) is 0.744. The van der Waals surface area contributed by atoms with E-state index in [2.05, 4.69) is 10.2 Å². The van der Waals surface area contributed by atoms with Crippen LogP contribution in [0.25, 0.3) is 0 Å². The van der Waals surface area contributed by atoms with Crippen LogP contribution in [0.4, 0.5) is 16.4 Å². The molecular formula is C14H10N4O4S. The van der Waals surface area contributed by atoms with Crippen molar-refractivity contribution in [2.45, 2.75) is 0 Å². The van der Waals surface area contributed by atoms with Crippen LogP contribution in [0.3, 0.4) is 0 Å². The van der Waals surface area contributed by atoms with E-state index in [9.17, 15) is 14.9 Å². The molecule has 2 aromatic rings. The summed E-state index contributed by atoms with van der Waals surface area (Å²) in [6.07, 6.45) is 1.26. The van der Waals surface area contributed by atoms with Crippen LogP contribution in [-0.4, -0.2) is 28.0 Å². The van der Waals surface area contributed by atoms with Gasteiger partial charge < -0.3 is 4.42 Å². The van der Waals surface area contributed by atoms with Gasteiger partial charge >= 0.3 is 5.88 Å². The number of amides is 1. The number of hydrogen-bond acceptors (Lipinski definition) is 7. The van der Waals surface area contributed by atoms with Crippen LogP contribution in [0.2, 0.25) is 0 Å². The molecule has 9 heteroatoms. The zero-order valence-electron chi connectivity index (χ0n) is 11.7. The van der Waals surface area contributed by atoms with Crippen LogP contribution in [0.5, 0.6) is 0 Å². The summed E-state index contributed by atoms with van der Waals surface area (Å²) < 4.78 is 4.94. The minimum Gasteiger partial charge on any atom is -0.400 e. The molecule has 0 saturated carbocycles. The number of carbonyl (C=O) groups is 1. The highest BCUT2D eigenvalue weighted by molar-refractivity contribution is 8.15. The Morgan fingerprint density at radius 2 is 2.04 bits per heavy atom. The van der Waals surface area contributed by atoms with Gasteiger partial charge in [0, 0.05) is 0 Å². The molecule has 23 heavy (non-hydrogen) atoms. The molecule has 0 N–H and O–H groups in total. The molecular weight excluding hydrogens is 320 g/mol. The summed E-state index contributed by atoms with van der Waals surface area (Å²) >= 11 is 1.13. The van der Waals surface area contributed by atoms with Crippen molar-refractivity contribution < 1.29 is 14.1 Å². The van der Waals surface area contributed by atoms with E-state index in [1.165, 1.54) is 23.2 Å². The zero-order valence-corrected chi connectivity index (χ0v) is 12.5. The molecule has 116 valence electrons. The Hall–Kier alpha value is -2.94. The third-order valence-corrected chi connectivity index (χ3v) is 3.76. The van der Waals surface area contributed by atoms with Crippen LogP contribution in [0, 0.1) is 10.1 Å². The van der Waals surface area contributed by atoms with Gasteiger partial charge in [0.15, 0.2) is 5.76 Å². The fourth-order valence-electron chi connectivity index (χ4n) is 1.93. The number of nitro groups is 1. The maximum absolute atomic E-state index is 12.0. The van der Waals surface area contributed by atoms with E-state index in [-0.39, 0.29) is 16.9 Å². The molecule has 1 aromatic heterocycles. The van der Waals surface area contributed by atoms with Crippen LogP contribution in [0.1, 0.15) is 5.76 Å². The van der Waals surface area contributed by atoms with Crippen molar-refractivity contribution in [3.8, 4) is 0 Å². The standard InChI is InChI=1S/C14H10N4O4S/c19-14-17(10-4-2-1-3-5-10)12(9-23-14)16-15-8-11-6-7-13(22-11)18(20)21/h1-8H,9H2/b15-8-,16-12-. The molecule has 3 rings (SSSR count). The van der Waals surface area contributed by atoms with Crippen LogP contribution in [-0.2, 0) is 0 Å². The maximum atomic E-state index is 12.0. The number of anilines is 1. The Morgan fingerprint density at radius 1 is 1.26 bits per heavy atom. The van der Waals surface area contributed by atoms with Gasteiger partial charge in [0.2, 0.25) is 0 Å². The van der Waals surface area contributed by atoms with Crippen molar-refractivity contribution in [3.05, 3.63) is 58.3 Å². The quantitative estimate of drug-likeness (QED) is 0.486. The van der Waals surface area contributed by atoms with E-state index in [0.29, 0.717) is 17.3 Å². The lowest BCUT2D eigenvalue weighted by Crippen LogP contribution is -2.28. The lowest BCUT2D eigenvalue weighted by molar-refractivity contribution is -0.402. The van der Waals surface area contributed by atoms with E-state index < -0.39 is 4.92 Å². The Bertz CT molecular complexity index is 800. The largest absolute Gasteiger partial charge is 0.433 e. The molecule has 0 bridgehead atoms. The van der Waals surface area contributed by atoms with Gasteiger partial charge in [-0.25, -0.2) is 0 Å². The van der Waals surface area contributed by atoms with E-state index >= 15 is 0 Å². The van der Waals surface area contributed by atoms with Gasteiger partial charge in [-0.15, -0.1) is 5.10 Å². The first kappa shape index (κ1) is 15.0. The van der Waals surface area contributed by atoms with Gasteiger partial charge in [-0.1, -0.05) is 30.0 Å². The normalized spacial score (nSPS) is 16.6. The van der Waals surface area contributed by atoms with Crippen LogP contribution < -0.4 is 4.90 Å². The summed E-state index contributed by atoms with van der Waals surface area (Å²) in [5, 5.41) is 18.3. The average Bonchev–Trinajstić information content (AvgIpc) is 3.16. The summed E-state index contributed by atoms with van der Waals surface area (Å²) in [5.41, 5.74) is 0.713. The number of para-hydroxylation sites is 1. The predicted octanol–water partition coefficient (Wildman–Crippen LogP) is 3.29. The smallest absolute Gasteiger partial charge is 0.400 e. The summed E-state index contributed by atoms with van der Waals surface area (Å²) in [6, 6.07) is 11.8. The first-order valence-electron chi connectivity index (χ1n) is 6.51. The molecule has 0 aliphatic carbocycles. The molecule has 1 aromatic carbocycles. The first-order chi connectivity index (χ1) is 11.1. The molecule has 0 spiro atoms. The highest BCUT2D eigenvalue weighted by atomic mass is 32.2. The predicted molar refractivity (Wildman–Crippen MR) is 87.2 cm³/mol. The molecule has 1 aliphatic heterocycles. The number of hydrogen-bond donors (Lipinski definition) is 0. The number of thioether (sulfide) groups is 1. The van der Waals surface area contributed by atoms with Crippen molar-refractivity contribution in [1.29, 1.82) is 0 Å². The fraction of sp³-hybridized carbons (Fsp3) is 0.0714. The van der Waals surface area contributed by atoms with E-state index in [1.807, 2.05) is 18.2 Å². The van der Waals surface area contributed by atoms with Gasteiger partial charge in [0.1, 0.15) is 10.8 Å². The van der Waals surface area contributed by atoms with Crippen LogP contribution in [0.15, 0.2) is 57.1 Å². The lowest BCUT2D eigenvalue weighted by atomic mass is 10.3. The molecule has 0 radical (unpaired) electrons. The van der Waals surface area contributed by atoms with Crippen molar-refractivity contribution in [2.24, 2.45) is 10.2 Å². The maximum Gasteiger partial charge on any atom is 0.433 e. The molecule has 1 saturated heterocycles. The molecule has 1 amide bonds. The molecule has 0 unspecified atom stereocenters. The van der Waals surface area contributed by atoms with Crippen molar-refractivity contribution in [2.75, 3.05) is 10.7 Å². The number of benzene rings is 1. The van der Waals surface area contributed by atoms with Gasteiger partial charge in [0.25, 0.3) is 5.24 Å². The average molecular weight is 330 g/mol. The molecule has 8 nitrogen and oxygen atoms in total. The molecule has 1 aliphatic rings. The Morgan fingerprint density at radius 3 is 2.74 bits per heavy atom. The summed E-state index contributed by atoms with van der Waals surface area (Å²) in [4.78, 5) is 23.3. The molecule has 2 heterocycles. The third-order valence-electron chi connectivity index (χ3n) is 2.93. The third kappa shape index (κ3) is 3.29. The van der Waals surface area contributed by atoms with Crippen molar-refractivity contribution in [1.82, 2.24) is 0 Å². The lowest BCUT2D eigenvalue weighted by Gasteiger charge is -2.14. The van der Waals surface area contributed by atoms with Gasteiger partial charge in [-0.2, -0.15) is 5.10 Å². The summed E-state index contributed by atoms with van der Waals surface area (Å²) in [6.45, 7) is 0. The number of nitrogens with zero attached hydrogens (tertiary/aromatic N) is 4. The Labute approximate surface area is 134 Å². The number of carbonyl (C=O) groups excluding carboxylic acids is 1. The van der Waals surface area contributed by atoms with E-state index in [4.69, 9.17) is 4.42 Å². The highest BCUT2D eigenvalue weighted by Gasteiger charge is 2.29. The second-order valence-electron chi connectivity index (χ2n) is 4.42. The first-order valence-corrected chi connectivity index (χ1v) is 7.50. The topological polar surface area (TPSA) is 101 Å². The minimum atomic E-state index is -0.632. The summed E-state index contributed by atoms with van der Waals surface area (Å²) in [7, 11) is 0. The molecule has 0 atom stereocenters. The minimum absolute atomic E-state index is 0.126. The Kier molecular flexibility index (Phi) is 4.20. The van der Waals surface area contributed by atoms with E-state index in [1.54, 1.807) is 12.1 Å². The Balaban J connectivity index is 1.79. The fourth-order valence-corrected chi connectivity index (χ4v) is 2.71. The van der Waals surface area contributed by atoms with Crippen LogP contribution >= 0.6 is 11.8 Å². The number of rotatable bonds is 4. The second kappa shape index (κ2) is 6.44. The number of amidine groups is 1. The second-order valence-corrected chi connectivity index (χ2v) is 5.35. The van der Waals surface area contributed by atoms with E-state index in [0.717, 1.165) is 11.8 Å². The SMILES string of the molecule is O=C1SC/C(=N/N=C\c2ccc([N+](=O)[O-])o2)N1c1ccccc1. The van der Waals surface area contributed by atoms with Gasteiger partial charge in [-0.05, 0) is 18.2 Å². The zero-order chi connectivity index (χ0) is 16.2. The molecule has 1 fully saturated rings. The highest BCUT2D eigenvalue weighted by Crippen LogP contribution is 2.26. The van der Waals surface area contributed by atoms with Gasteiger partial charge in [-0.3, -0.25) is 19.8 Å². The van der Waals surface area contributed by atoms with Crippen molar-refractivity contribution >= 4 is 40.6 Å². The number of furan rings is 1. The monoisotopic (exact) mass is 330 g/mol.